The van der Waals surface area contributed by atoms with Gasteiger partial charge in [-0.1, -0.05) is 50.1 Å². The molecule has 1 aliphatic heterocycles. The molecule has 2 N–H and O–H groups in total. The third-order valence-corrected chi connectivity index (χ3v) is 4.50. The molecule has 1 aromatic rings. The number of benzene rings is 1. The third kappa shape index (κ3) is 3.37. The zero-order valence-electron chi connectivity index (χ0n) is 12.4. The number of unbranched alkanes of at least 4 members (excludes halogenated alkanes) is 1. The Bertz CT molecular complexity index is 366. The summed E-state index contributed by atoms with van der Waals surface area (Å²) in [5.41, 5.74) is 7.78. The molecule has 0 aliphatic carbocycles. The minimum atomic E-state index is -0.249. The van der Waals surface area contributed by atoms with Crippen LogP contribution in [-0.4, -0.2) is 24.0 Å². The average Bonchev–Trinajstić information content (AvgIpc) is 2.94. The van der Waals surface area contributed by atoms with Crippen LogP contribution in [0.2, 0.25) is 0 Å². The standard InChI is InChI=1S/C17H28N2/c1-3-4-12-16(19-13-8-9-14-19)17(2,18)15-10-6-5-7-11-15/h5-7,10-11,16H,3-4,8-9,12-14,18H2,1-2H3. The van der Waals surface area contributed by atoms with Crippen molar-refractivity contribution in [3.63, 3.8) is 0 Å². The molecule has 1 heterocycles. The summed E-state index contributed by atoms with van der Waals surface area (Å²) in [6, 6.07) is 11.1. The quantitative estimate of drug-likeness (QED) is 0.848. The van der Waals surface area contributed by atoms with Gasteiger partial charge in [-0.05, 0) is 44.8 Å². The van der Waals surface area contributed by atoms with E-state index < -0.39 is 0 Å². The van der Waals surface area contributed by atoms with E-state index in [0.29, 0.717) is 6.04 Å². The van der Waals surface area contributed by atoms with E-state index in [4.69, 9.17) is 5.73 Å². The van der Waals surface area contributed by atoms with E-state index in [2.05, 4.69) is 49.1 Å². The largest absolute Gasteiger partial charge is 0.320 e. The van der Waals surface area contributed by atoms with Gasteiger partial charge in [0, 0.05) is 6.04 Å². The average molecular weight is 260 g/mol. The van der Waals surface area contributed by atoms with Crippen molar-refractivity contribution in [1.29, 1.82) is 0 Å². The summed E-state index contributed by atoms with van der Waals surface area (Å²) in [4.78, 5) is 2.61. The Kier molecular flexibility index (Phi) is 5.00. The van der Waals surface area contributed by atoms with Crippen LogP contribution in [0.3, 0.4) is 0 Å². The topological polar surface area (TPSA) is 29.3 Å². The van der Waals surface area contributed by atoms with Crippen molar-refractivity contribution in [2.24, 2.45) is 5.73 Å². The second-order valence-electron chi connectivity index (χ2n) is 6.05. The van der Waals surface area contributed by atoms with E-state index in [-0.39, 0.29) is 5.54 Å². The van der Waals surface area contributed by atoms with Gasteiger partial charge < -0.3 is 5.73 Å². The summed E-state index contributed by atoms with van der Waals surface area (Å²) in [6.07, 6.45) is 6.37. The van der Waals surface area contributed by atoms with Crippen molar-refractivity contribution in [2.45, 2.75) is 57.5 Å². The maximum Gasteiger partial charge on any atom is 0.0538 e. The van der Waals surface area contributed by atoms with Crippen molar-refractivity contribution in [2.75, 3.05) is 13.1 Å². The first-order chi connectivity index (χ1) is 9.16. The number of hydrogen-bond acceptors (Lipinski definition) is 2. The molecule has 0 radical (unpaired) electrons. The zero-order valence-corrected chi connectivity index (χ0v) is 12.4. The Morgan fingerprint density at radius 2 is 1.84 bits per heavy atom. The Balaban J connectivity index is 2.20. The van der Waals surface area contributed by atoms with E-state index in [1.165, 1.54) is 50.8 Å². The molecule has 1 fully saturated rings. The van der Waals surface area contributed by atoms with Crippen molar-refractivity contribution < 1.29 is 0 Å². The molecule has 2 nitrogen and oxygen atoms in total. The van der Waals surface area contributed by atoms with Crippen LogP contribution in [-0.2, 0) is 5.54 Å². The lowest BCUT2D eigenvalue weighted by molar-refractivity contribution is 0.144. The summed E-state index contributed by atoms with van der Waals surface area (Å²) >= 11 is 0. The van der Waals surface area contributed by atoms with Gasteiger partial charge in [0.05, 0.1) is 5.54 Å². The maximum atomic E-state index is 6.76. The Labute approximate surface area is 118 Å². The van der Waals surface area contributed by atoms with Gasteiger partial charge >= 0.3 is 0 Å². The fourth-order valence-corrected chi connectivity index (χ4v) is 3.30. The van der Waals surface area contributed by atoms with Gasteiger partial charge in [0.2, 0.25) is 0 Å². The highest BCUT2D eigenvalue weighted by atomic mass is 15.2. The van der Waals surface area contributed by atoms with E-state index in [1.54, 1.807) is 0 Å². The lowest BCUT2D eigenvalue weighted by Crippen LogP contribution is -2.53. The van der Waals surface area contributed by atoms with E-state index in [0.717, 1.165) is 0 Å². The molecule has 2 atom stereocenters. The van der Waals surface area contributed by atoms with Crippen molar-refractivity contribution >= 4 is 0 Å². The van der Waals surface area contributed by atoms with E-state index in [1.807, 2.05) is 0 Å². The van der Waals surface area contributed by atoms with Gasteiger partial charge in [-0.3, -0.25) is 4.90 Å². The highest BCUT2D eigenvalue weighted by Gasteiger charge is 2.36. The normalized spacial score (nSPS) is 21.2. The first-order valence-corrected chi connectivity index (χ1v) is 7.74. The van der Waals surface area contributed by atoms with Crippen molar-refractivity contribution in [1.82, 2.24) is 4.90 Å². The summed E-state index contributed by atoms with van der Waals surface area (Å²) in [5.74, 6) is 0. The predicted octanol–water partition coefficient (Wildman–Crippen LogP) is 3.52. The number of nitrogens with zero attached hydrogens (tertiary/aromatic N) is 1. The first kappa shape index (κ1) is 14.5. The van der Waals surface area contributed by atoms with Gasteiger partial charge in [0.1, 0.15) is 0 Å². The van der Waals surface area contributed by atoms with Gasteiger partial charge in [-0.2, -0.15) is 0 Å². The molecule has 19 heavy (non-hydrogen) atoms. The summed E-state index contributed by atoms with van der Waals surface area (Å²) in [7, 11) is 0. The minimum absolute atomic E-state index is 0.249. The number of rotatable bonds is 6. The first-order valence-electron chi connectivity index (χ1n) is 7.74. The lowest BCUT2D eigenvalue weighted by atomic mass is 9.82. The molecule has 1 aliphatic rings. The summed E-state index contributed by atoms with van der Waals surface area (Å²) in [6.45, 7) is 6.90. The van der Waals surface area contributed by atoms with Crippen LogP contribution in [0, 0.1) is 0 Å². The van der Waals surface area contributed by atoms with Gasteiger partial charge in [0.25, 0.3) is 0 Å². The molecule has 2 heteroatoms. The molecule has 0 aromatic heterocycles. The second-order valence-corrected chi connectivity index (χ2v) is 6.05. The number of hydrogen-bond donors (Lipinski definition) is 1. The van der Waals surface area contributed by atoms with Crippen LogP contribution in [0.25, 0.3) is 0 Å². The highest BCUT2D eigenvalue weighted by molar-refractivity contribution is 5.25. The molecule has 106 valence electrons. The molecule has 2 unspecified atom stereocenters. The highest BCUT2D eigenvalue weighted by Crippen LogP contribution is 2.31. The Morgan fingerprint density at radius 3 is 2.42 bits per heavy atom. The number of nitrogens with two attached hydrogens (primary N) is 1. The van der Waals surface area contributed by atoms with E-state index in [9.17, 15) is 0 Å². The zero-order chi connectivity index (χ0) is 13.7. The van der Waals surface area contributed by atoms with Crippen LogP contribution >= 0.6 is 0 Å². The third-order valence-electron chi connectivity index (χ3n) is 4.50. The summed E-state index contributed by atoms with van der Waals surface area (Å²) < 4.78 is 0. The number of likely N-dealkylation sites (tertiary alicyclic amines) is 1. The van der Waals surface area contributed by atoms with Gasteiger partial charge in [-0.15, -0.1) is 0 Å². The molecule has 0 spiro atoms. The summed E-state index contributed by atoms with van der Waals surface area (Å²) in [5, 5.41) is 0. The lowest BCUT2D eigenvalue weighted by Gasteiger charge is -2.41. The second kappa shape index (κ2) is 6.53. The van der Waals surface area contributed by atoms with Gasteiger partial charge in [0.15, 0.2) is 0 Å². The predicted molar refractivity (Wildman–Crippen MR) is 82.1 cm³/mol. The van der Waals surface area contributed by atoms with Crippen LogP contribution in [0.4, 0.5) is 0 Å². The minimum Gasteiger partial charge on any atom is -0.320 e. The van der Waals surface area contributed by atoms with Crippen LogP contribution < -0.4 is 5.73 Å². The van der Waals surface area contributed by atoms with Crippen LogP contribution in [0.15, 0.2) is 30.3 Å². The van der Waals surface area contributed by atoms with Gasteiger partial charge in [-0.25, -0.2) is 0 Å². The fourth-order valence-electron chi connectivity index (χ4n) is 3.30. The molecule has 1 aromatic carbocycles. The molecular weight excluding hydrogens is 232 g/mol. The molecule has 0 saturated carbocycles. The molecular formula is C17H28N2. The SMILES string of the molecule is CCCCC(N1CCCC1)C(C)(N)c1ccccc1. The fraction of sp³-hybridized carbons (Fsp3) is 0.647. The molecule has 0 amide bonds. The Morgan fingerprint density at radius 1 is 1.21 bits per heavy atom. The van der Waals surface area contributed by atoms with E-state index >= 15 is 0 Å². The molecule has 0 bridgehead atoms. The van der Waals surface area contributed by atoms with Crippen molar-refractivity contribution in [3.05, 3.63) is 35.9 Å². The smallest absolute Gasteiger partial charge is 0.0538 e. The molecule has 2 rings (SSSR count). The van der Waals surface area contributed by atoms with Crippen LogP contribution in [0.5, 0.6) is 0 Å². The van der Waals surface area contributed by atoms with Crippen molar-refractivity contribution in [3.8, 4) is 0 Å². The maximum absolute atomic E-state index is 6.76. The Hall–Kier alpha value is -0.860. The monoisotopic (exact) mass is 260 g/mol. The molecule has 1 saturated heterocycles. The van der Waals surface area contributed by atoms with Crippen LogP contribution in [0.1, 0.15) is 51.5 Å².